The molecule has 0 amide bonds. The van der Waals surface area contributed by atoms with Gasteiger partial charge in [-0.1, -0.05) is 71.7 Å². The van der Waals surface area contributed by atoms with Crippen molar-refractivity contribution in [2.75, 3.05) is 5.32 Å². The van der Waals surface area contributed by atoms with Crippen LogP contribution in [-0.4, -0.2) is 47.9 Å². The van der Waals surface area contributed by atoms with Crippen molar-refractivity contribution in [3.05, 3.63) is 109 Å². The van der Waals surface area contributed by atoms with Crippen LogP contribution in [0.5, 0.6) is 0 Å². The highest BCUT2D eigenvalue weighted by molar-refractivity contribution is 7.86. The van der Waals surface area contributed by atoms with Crippen LogP contribution in [0.25, 0.3) is 0 Å². The molecular weight excluding hydrogens is 579 g/mol. The lowest BCUT2D eigenvalue weighted by Gasteiger charge is -2.32. The van der Waals surface area contributed by atoms with E-state index in [1.807, 2.05) is 0 Å². The van der Waals surface area contributed by atoms with Gasteiger partial charge in [-0.15, -0.1) is 0 Å². The first kappa shape index (κ1) is 24.8. The third-order valence-electron chi connectivity index (χ3n) is 7.37. The zero-order chi connectivity index (χ0) is 28.2. The van der Waals surface area contributed by atoms with Gasteiger partial charge in [-0.25, -0.2) is 4.99 Å². The zero-order valence-electron chi connectivity index (χ0n) is 19.8. The Bertz CT molecular complexity index is 2060. The van der Waals surface area contributed by atoms with Gasteiger partial charge in [-0.05, 0) is 6.08 Å². The first-order valence-corrected chi connectivity index (χ1v) is 14.0. The molecule has 0 saturated heterocycles. The molecule has 1 aliphatic heterocycles. The van der Waals surface area contributed by atoms with Crippen LogP contribution in [0.2, 0.25) is 5.02 Å². The number of nitrogens with one attached hydrogen (secondary N) is 2. The minimum absolute atomic E-state index is 0.0275. The van der Waals surface area contributed by atoms with Gasteiger partial charge in [0.25, 0.3) is 10.1 Å². The fourth-order valence-electron chi connectivity index (χ4n) is 5.68. The van der Waals surface area contributed by atoms with Crippen LogP contribution in [0.3, 0.4) is 0 Å². The van der Waals surface area contributed by atoms with Crippen LogP contribution >= 0.6 is 23.2 Å². The van der Waals surface area contributed by atoms with Gasteiger partial charge in [0.15, 0.2) is 17.3 Å². The van der Waals surface area contributed by atoms with Crippen LogP contribution < -0.4 is 10.3 Å². The zero-order valence-corrected chi connectivity index (χ0v) is 22.2. The Morgan fingerprint density at radius 2 is 1.30 bits per heavy atom. The van der Waals surface area contributed by atoms with E-state index in [0.717, 1.165) is 0 Å². The molecule has 9 nitrogen and oxygen atoms in total. The highest BCUT2D eigenvalue weighted by Gasteiger charge is 2.49. The molecule has 1 unspecified atom stereocenters. The number of benzene rings is 3. The summed E-state index contributed by atoms with van der Waals surface area (Å²) in [5, 5.41) is 2.44. The largest absolute Gasteiger partial charge is 0.362 e. The van der Waals surface area contributed by atoms with Crippen LogP contribution in [0.1, 0.15) is 52.6 Å². The van der Waals surface area contributed by atoms with Gasteiger partial charge < -0.3 is 5.32 Å². The monoisotopic (exact) mass is 591 g/mol. The Kier molecular flexibility index (Phi) is 5.05. The average Bonchev–Trinajstić information content (AvgIpc) is 2.93. The molecule has 1 atom stereocenters. The van der Waals surface area contributed by atoms with Crippen LogP contribution in [0.4, 0.5) is 11.4 Å². The number of hydrogen-bond donors (Lipinski definition) is 3. The van der Waals surface area contributed by atoms with E-state index in [4.69, 9.17) is 23.2 Å². The molecule has 0 radical (unpaired) electrons. The van der Waals surface area contributed by atoms with E-state index in [9.17, 15) is 32.1 Å². The molecule has 0 spiro atoms. The minimum Gasteiger partial charge on any atom is -0.362 e. The number of Topliss-reactive ketones (excluding diaryl/α,β-unsaturated/α-hetero) is 2. The predicted octanol–water partition coefficient (Wildman–Crippen LogP) is 2.82. The molecule has 12 heteroatoms. The standard InChI is InChI=1S/C28H12Cl2N2O7S/c29-15-9-14-16(25(34)11-6-2-1-5-10(11)24(14)33)21-20(15)31-22-17-18(28(40(37,38)39)19(30)23(22)32-21)27(36)13-8-4-3-7-12(13)26(17)35/h1-9,21,32H,(H,37,38,39)/p+1. The van der Waals surface area contributed by atoms with Gasteiger partial charge in [0, 0.05) is 33.4 Å². The third kappa shape index (κ3) is 3.12. The van der Waals surface area contributed by atoms with E-state index < -0.39 is 54.8 Å². The van der Waals surface area contributed by atoms with Gasteiger partial charge >= 0.3 is 0 Å². The van der Waals surface area contributed by atoms with E-state index in [1.165, 1.54) is 36.4 Å². The molecule has 0 saturated carbocycles. The Morgan fingerprint density at radius 3 is 1.88 bits per heavy atom. The number of rotatable bonds is 1. The Balaban J connectivity index is 1.53. The van der Waals surface area contributed by atoms with Crippen molar-refractivity contribution >= 4 is 73.5 Å². The molecule has 7 rings (SSSR count). The van der Waals surface area contributed by atoms with Crippen LogP contribution in [0.15, 0.2) is 75.7 Å². The SMILES string of the molecule is O=C1C2=C(C(=O)c3ccccc31)C1Nc3c(Cl)c(S(=O)(=O)O)c4c(c3[NH+]=C1C(Cl)=C2)C(=O)c1ccccc1C4=O. The summed E-state index contributed by atoms with van der Waals surface area (Å²) in [5.41, 5.74) is -0.514. The van der Waals surface area contributed by atoms with Gasteiger partial charge in [0.2, 0.25) is 17.2 Å². The van der Waals surface area contributed by atoms with Crippen molar-refractivity contribution < 1.29 is 37.1 Å². The summed E-state index contributed by atoms with van der Waals surface area (Å²) in [7, 11) is -5.14. The van der Waals surface area contributed by atoms with Crippen molar-refractivity contribution in [3.63, 3.8) is 0 Å². The summed E-state index contributed by atoms with van der Waals surface area (Å²) in [5.74, 6) is -2.40. The minimum atomic E-state index is -5.14. The average molecular weight is 592 g/mol. The number of anilines is 1. The molecule has 0 aromatic heterocycles. The fourth-order valence-corrected chi connectivity index (χ4v) is 7.26. The second-order valence-corrected chi connectivity index (χ2v) is 11.6. The van der Waals surface area contributed by atoms with Crippen molar-refractivity contribution in [2.45, 2.75) is 10.9 Å². The number of halogens is 2. The summed E-state index contributed by atoms with van der Waals surface area (Å²) < 4.78 is 35.3. The summed E-state index contributed by atoms with van der Waals surface area (Å²) in [6.45, 7) is 0. The molecule has 3 N–H and O–H groups in total. The first-order chi connectivity index (χ1) is 19.0. The Hall–Kier alpha value is -4.22. The molecule has 3 aromatic rings. The highest BCUT2D eigenvalue weighted by Crippen LogP contribution is 2.46. The van der Waals surface area contributed by atoms with E-state index in [2.05, 4.69) is 10.3 Å². The van der Waals surface area contributed by atoms with Gasteiger partial charge in [0.05, 0.1) is 10.6 Å². The first-order valence-electron chi connectivity index (χ1n) is 11.8. The molecule has 196 valence electrons. The van der Waals surface area contributed by atoms with E-state index in [0.29, 0.717) is 0 Å². The fraction of sp³-hybridized carbons (Fsp3) is 0.0357. The predicted molar refractivity (Wildman–Crippen MR) is 144 cm³/mol. The molecule has 0 bridgehead atoms. The van der Waals surface area contributed by atoms with Gasteiger partial charge in [-0.2, -0.15) is 8.42 Å². The molecule has 40 heavy (non-hydrogen) atoms. The van der Waals surface area contributed by atoms with Crippen molar-refractivity contribution in [2.24, 2.45) is 0 Å². The van der Waals surface area contributed by atoms with Gasteiger partial charge in [0.1, 0.15) is 27.2 Å². The maximum atomic E-state index is 13.7. The van der Waals surface area contributed by atoms with E-state index in [-0.39, 0.29) is 61.1 Å². The normalized spacial score (nSPS) is 18.9. The maximum absolute atomic E-state index is 13.7. The second-order valence-electron chi connectivity index (χ2n) is 9.46. The third-order valence-corrected chi connectivity index (χ3v) is 9.10. The number of hydrogen-bond acceptors (Lipinski definition) is 7. The summed E-state index contributed by atoms with van der Waals surface area (Å²) in [4.78, 5) is 56.2. The smallest absolute Gasteiger partial charge is 0.296 e. The van der Waals surface area contributed by atoms with Crippen molar-refractivity contribution in [1.29, 1.82) is 0 Å². The lowest BCUT2D eigenvalue weighted by Crippen LogP contribution is -2.74. The van der Waals surface area contributed by atoms with Crippen LogP contribution in [0, 0.1) is 0 Å². The Morgan fingerprint density at radius 1 is 0.775 bits per heavy atom. The summed E-state index contributed by atoms with van der Waals surface area (Å²) in [6.07, 6.45) is 1.35. The van der Waals surface area contributed by atoms with E-state index in [1.54, 1.807) is 18.2 Å². The maximum Gasteiger partial charge on any atom is 0.296 e. The molecule has 0 fully saturated rings. The van der Waals surface area contributed by atoms with Crippen molar-refractivity contribution in [1.82, 2.24) is 0 Å². The Labute approximate surface area is 235 Å². The topological polar surface area (TPSA) is 149 Å². The lowest BCUT2D eigenvalue weighted by molar-refractivity contribution is -0.355. The quantitative estimate of drug-likeness (QED) is 0.286. The number of carbonyl (C=O) groups excluding carboxylic acids is 4. The molecule has 1 heterocycles. The van der Waals surface area contributed by atoms with Gasteiger partial charge in [-0.3, -0.25) is 23.7 Å². The lowest BCUT2D eigenvalue weighted by atomic mass is 9.76. The second kappa shape index (κ2) is 8.15. The molecule has 4 aliphatic rings. The highest BCUT2D eigenvalue weighted by atomic mass is 35.5. The number of ketones is 4. The summed E-state index contributed by atoms with van der Waals surface area (Å²) >= 11 is 13.1. The molecular formula is C28H13Cl2N2O7S+. The van der Waals surface area contributed by atoms with Crippen molar-refractivity contribution in [3.8, 4) is 0 Å². The summed E-state index contributed by atoms with van der Waals surface area (Å²) in [6, 6.07) is 11.1. The number of fused-ring (bicyclic) bond motifs is 7. The molecule has 3 aliphatic carbocycles. The van der Waals surface area contributed by atoms with E-state index >= 15 is 0 Å². The molecule has 3 aromatic carbocycles. The number of carbonyl (C=O) groups is 4. The van der Waals surface area contributed by atoms with Crippen LogP contribution in [-0.2, 0) is 10.1 Å². The number of allylic oxidation sites excluding steroid dienone is 2.